The molecule has 0 aliphatic carbocycles. The zero-order valence-electron chi connectivity index (χ0n) is 14.1. The number of benzene rings is 2. The zero-order valence-corrected chi connectivity index (χ0v) is 14.9. The lowest BCUT2D eigenvalue weighted by Crippen LogP contribution is -2.37. The lowest BCUT2D eigenvalue weighted by molar-refractivity contribution is -0.127. The first-order valence-corrected chi connectivity index (χ1v) is 9.17. The maximum Gasteiger partial charge on any atom is 0.261 e. The smallest absolute Gasteiger partial charge is 0.261 e. The van der Waals surface area contributed by atoms with Crippen molar-refractivity contribution in [2.24, 2.45) is 5.14 Å². The van der Waals surface area contributed by atoms with Crippen LogP contribution in [0.25, 0.3) is 0 Å². The van der Waals surface area contributed by atoms with Crippen LogP contribution in [-0.4, -0.2) is 20.4 Å². The highest BCUT2D eigenvalue weighted by Gasteiger charge is 2.19. The molecule has 0 aromatic heterocycles. The first-order chi connectivity index (χ1) is 12.1. The average molecular weight is 384 g/mol. The van der Waals surface area contributed by atoms with Crippen LogP contribution < -0.4 is 15.2 Å². The number of carbonyl (C=O) groups excluding carboxylic acids is 1. The third-order valence-corrected chi connectivity index (χ3v) is 4.57. The highest BCUT2D eigenvalue weighted by molar-refractivity contribution is 7.89. The van der Waals surface area contributed by atoms with Gasteiger partial charge in [0.1, 0.15) is 5.75 Å². The molecule has 2 rings (SSSR count). The summed E-state index contributed by atoms with van der Waals surface area (Å²) in [7, 11) is -3.79. The number of sulfonamides is 1. The van der Waals surface area contributed by atoms with Crippen molar-refractivity contribution < 1.29 is 26.7 Å². The van der Waals surface area contributed by atoms with Crippen LogP contribution in [0.2, 0.25) is 0 Å². The van der Waals surface area contributed by atoms with Gasteiger partial charge in [-0.25, -0.2) is 22.3 Å². The Morgan fingerprint density at radius 1 is 1.08 bits per heavy atom. The third-order valence-electron chi connectivity index (χ3n) is 3.64. The molecule has 9 heteroatoms. The molecule has 0 fully saturated rings. The summed E-state index contributed by atoms with van der Waals surface area (Å²) in [5, 5.41) is 7.72. The normalized spacial score (nSPS) is 13.7. The van der Waals surface area contributed by atoms with Gasteiger partial charge in [0, 0.05) is 6.07 Å². The van der Waals surface area contributed by atoms with Gasteiger partial charge in [0.2, 0.25) is 10.0 Å². The van der Waals surface area contributed by atoms with Crippen LogP contribution in [0.5, 0.6) is 5.75 Å². The van der Waals surface area contributed by atoms with Crippen LogP contribution in [0.3, 0.4) is 0 Å². The van der Waals surface area contributed by atoms with Crippen LogP contribution in [0.1, 0.15) is 25.5 Å². The standard InChI is InChI=1S/C17H18F2N2O4S/c1-10(12-3-6-14(7-4-12)26(20,23)24)21-17(22)11(2)25-13-5-8-15(18)16(19)9-13/h3-11H,1-2H3,(H,21,22)(H2,20,23,24). The van der Waals surface area contributed by atoms with Crippen molar-refractivity contribution >= 4 is 15.9 Å². The van der Waals surface area contributed by atoms with Gasteiger partial charge < -0.3 is 10.1 Å². The molecule has 0 saturated heterocycles. The minimum atomic E-state index is -3.79. The molecular formula is C17H18F2N2O4S. The lowest BCUT2D eigenvalue weighted by atomic mass is 10.1. The largest absolute Gasteiger partial charge is 0.481 e. The number of nitrogens with one attached hydrogen (secondary N) is 1. The number of hydrogen-bond donors (Lipinski definition) is 2. The molecule has 0 heterocycles. The van der Waals surface area contributed by atoms with E-state index in [0.29, 0.717) is 5.56 Å². The Morgan fingerprint density at radius 2 is 1.69 bits per heavy atom. The number of nitrogens with two attached hydrogens (primary N) is 1. The second-order valence-corrected chi connectivity index (χ2v) is 7.24. The summed E-state index contributed by atoms with van der Waals surface area (Å²) in [5.74, 6) is -2.53. The van der Waals surface area contributed by atoms with Gasteiger partial charge in [-0.05, 0) is 43.7 Å². The molecule has 2 aromatic rings. The van der Waals surface area contributed by atoms with Gasteiger partial charge in [-0.15, -0.1) is 0 Å². The van der Waals surface area contributed by atoms with E-state index in [9.17, 15) is 22.0 Å². The number of amides is 1. The van der Waals surface area contributed by atoms with Crippen molar-refractivity contribution in [1.29, 1.82) is 0 Å². The summed E-state index contributed by atoms with van der Waals surface area (Å²) in [4.78, 5) is 12.2. The fraction of sp³-hybridized carbons (Fsp3) is 0.235. The molecule has 1 amide bonds. The summed E-state index contributed by atoms with van der Waals surface area (Å²) >= 11 is 0. The molecule has 6 nitrogen and oxygen atoms in total. The monoisotopic (exact) mass is 384 g/mol. The minimum absolute atomic E-state index is 0.0247. The molecule has 0 aliphatic heterocycles. The first-order valence-electron chi connectivity index (χ1n) is 7.63. The van der Waals surface area contributed by atoms with Gasteiger partial charge in [0.05, 0.1) is 10.9 Å². The fourth-order valence-electron chi connectivity index (χ4n) is 2.17. The van der Waals surface area contributed by atoms with Gasteiger partial charge in [-0.3, -0.25) is 4.79 Å². The Hall–Kier alpha value is -2.52. The molecule has 0 saturated carbocycles. The van der Waals surface area contributed by atoms with Crippen LogP contribution in [-0.2, 0) is 14.8 Å². The van der Waals surface area contributed by atoms with Gasteiger partial charge in [-0.1, -0.05) is 12.1 Å². The van der Waals surface area contributed by atoms with Crippen LogP contribution >= 0.6 is 0 Å². The Balaban J connectivity index is 2.00. The van der Waals surface area contributed by atoms with Crippen molar-refractivity contribution in [3.63, 3.8) is 0 Å². The molecule has 26 heavy (non-hydrogen) atoms. The number of rotatable bonds is 6. The Labute approximate surface area is 150 Å². The van der Waals surface area contributed by atoms with E-state index in [1.807, 2.05) is 0 Å². The van der Waals surface area contributed by atoms with Gasteiger partial charge in [-0.2, -0.15) is 0 Å². The molecule has 0 radical (unpaired) electrons. The maximum atomic E-state index is 13.2. The predicted molar refractivity (Wildman–Crippen MR) is 90.8 cm³/mol. The maximum absolute atomic E-state index is 13.2. The van der Waals surface area contributed by atoms with Gasteiger partial charge in [0.15, 0.2) is 17.7 Å². The number of carbonyl (C=O) groups is 1. The fourth-order valence-corrected chi connectivity index (χ4v) is 2.68. The van der Waals surface area contributed by atoms with E-state index in [1.54, 1.807) is 6.92 Å². The van der Waals surface area contributed by atoms with Crippen LogP contribution in [0.4, 0.5) is 8.78 Å². The summed E-state index contributed by atoms with van der Waals surface area (Å²) in [6.45, 7) is 3.17. The molecule has 2 unspecified atom stereocenters. The average Bonchev–Trinajstić information content (AvgIpc) is 2.57. The third kappa shape index (κ3) is 4.99. The zero-order chi connectivity index (χ0) is 19.5. The molecule has 140 valence electrons. The molecule has 0 bridgehead atoms. The van der Waals surface area contributed by atoms with Crippen molar-refractivity contribution in [3.05, 3.63) is 59.7 Å². The minimum Gasteiger partial charge on any atom is -0.481 e. The molecule has 2 atom stereocenters. The molecule has 2 aromatic carbocycles. The summed E-state index contributed by atoms with van der Waals surface area (Å²) < 4.78 is 53.9. The van der Waals surface area contributed by atoms with Crippen molar-refractivity contribution in [2.75, 3.05) is 0 Å². The molecule has 0 spiro atoms. The molecule has 3 N–H and O–H groups in total. The summed E-state index contributed by atoms with van der Waals surface area (Å²) in [5.41, 5.74) is 0.658. The topological polar surface area (TPSA) is 98.5 Å². The summed E-state index contributed by atoms with van der Waals surface area (Å²) in [6.07, 6.45) is -0.953. The highest BCUT2D eigenvalue weighted by atomic mass is 32.2. The number of primary sulfonamides is 1. The van der Waals surface area contributed by atoms with E-state index < -0.39 is 39.7 Å². The van der Waals surface area contributed by atoms with Crippen LogP contribution in [0.15, 0.2) is 47.4 Å². The number of halogens is 2. The second kappa shape index (κ2) is 7.79. The number of ether oxygens (including phenoxy) is 1. The second-order valence-electron chi connectivity index (χ2n) is 5.68. The highest BCUT2D eigenvalue weighted by Crippen LogP contribution is 2.18. The Kier molecular flexibility index (Phi) is 5.94. The number of hydrogen-bond acceptors (Lipinski definition) is 4. The van der Waals surface area contributed by atoms with E-state index in [0.717, 1.165) is 12.1 Å². The molecule has 0 aliphatic rings. The van der Waals surface area contributed by atoms with Crippen LogP contribution in [0, 0.1) is 11.6 Å². The van der Waals surface area contributed by atoms with E-state index in [1.165, 1.54) is 37.3 Å². The van der Waals surface area contributed by atoms with Crippen molar-refractivity contribution in [2.45, 2.75) is 30.9 Å². The van der Waals surface area contributed by atoms with Gasteiger partial charge in [0.25, 0.3) is 5.91 Å². The van der Waals surface area contributed by atoms with Crippen molar-refractivity contribution in [1.82, 2.24) is 5.32 Å². The first kappa shape index (κ1) is 19.8. The van der Waals surface area contributed by atoms with Crippen molar-refractivity contribution in [3.8, 4) is 5.75 Å². The SMILES string of the molecule is CC(Oc1ccc(F)c(F)c1)C(=O)NC(C)c1ccc(S(N)(=O)=O)cc1. The van der Waals surface area contributed by atoms with E-state index in [4.69, 9.17) is 9.88 Å². The van der Waals surface area contributed by atoms with E-state index in [-0.39, 0.29) is 10.6 Å². The molecular weight excluding hydrogens is 366 g/mol. The quantitative estimate of drug-likeness (QED) is 0.798. The van der Waals surface area contributed by atoms with E-state index >= 15 is 0 Å². The van der Waals surface area contributed by atoms with E-state index in [2.05, 4.69) is 5.32 Å². The predicted octanol–water partition coefficient (Wildman–Crippen LogP) is 2.26. The summed E-state index contributed by atoms with van der Waals surface area (Å²) in [6, 6.07) is 8.30. The Bertz CT molecular complexity index is 901. The Morgan fingerprint density at radius 3 is 2.23 bits per heavy atom. The van der Waals surface area contributed by atoms with Gasteiger partial charge >= 0.3 is 0 Å². The lowest BCUT2D eigenvalue weighted by Gasteiger charge is -2.19.